The van der Waals surface area contributed by atoms with Crippen LogP contribution in [0.4, 0.5) is 0 Å². The molecule has 120 valence electrons. The average molecular weight is 313 g/mol. The van der Waals surface area contributed by atoms with Gasteiger partial charge in [-0.05, 0) is 50.5 Å². The topological polar surface area (TPSA) is 70.3 Å². The van der Waals surface area contributed by atoms with Crippen LogP contribution in [0, 0.1) is 26.0 Å². The highest BCUT2D eigenvalue weighted by Crippen LogP contribution is 2.18. The molecular weight excluding hydrogens is 294 g/mol. The third-order valence-corrected chi connectivity index (χ3v) is 3.80. The summed E-state index contributed by atoms with van der Waals surface area (Å²) >= 11 is 0. The van der Waals surface area contributed by atoms with E-state index in [1.807, 2.05) is 32.9 Å². The van der Waals surface area contributed by atoms with E-state index in [1.165, 1.54) is 24.5 Å². The van der Waals surface area contributed by atoms with Crippen LogP contribution in [0.5, 0.6) is 0 Å². The monoisotopic (exact) mass is 313 g/mol. The maximum Gasteiger partial charge on any atom is 0.339 e. The van der Waals surface area contributed by atoms with Crippen molar-refractivity contribution in [3.63, 3.8) is 0 Å². The zero-order valence-corrected chi connectivity index (χ0v) is 13.6. The minimum Gasteiger partial charge on any atom is -0.619 e. The van der Waals surface area contributed by atoms with Crippen LogP contribution in [0.2, 0.25) is 0 Å². The lowest BCUT2D eigenvalue weighted by Gasteiger charge is -2.15. The standard InChI is InChI=1S/C18H19NO4/c1-11-9-13(3)16(10-12(11)2)17(20)14(4)23-18(21)15-5-7-19(22)8-6-15/h5-10,14H,1-4H3/t14-/m0/s1. The second-order valence-corrected chi connectivity index (χ2v) is 5.61. The SMILES string of the molecule is Cc1cc(C)c(C(=O)[C@H](C)OC(=O)c2cc[n+]([O-])cc2)cc1C. The molecule has 0 saturated heterocycles. The van der Waals surface area contributed by atoms with Gasteiger partial charge >= 0.3 is 5.97 Å². The minimum absolute atomic E-state index is 0.230. The first kappa shape index (κ1) is 16.7. The van der Waals surface area contributed by atoms with Crippen molar-refractivity contribution < 1.29 is 19.1 Å². The highest BCUT2D eigenvalue weighted by atomic mass is 16.5. The molecule has 5 heteroatoms. The Kier molecular flexibility index (Phi) is 4.79. The van der Waals surface area contributed by atoms with Crippen molar-refractivity contribution in [2.24, 2.45) is 0 Å². The van der Waals surface area contributed by atoms with E-state index >= 15 is 0 Å². The van der Waals surface area contributed by atoms with Crippen molar-refractivity contribution in [3.8, 4) is 0 Å². The van der Waals surface area contributed by atoms with Crippen molar-refractivity contribution in [2.45, 2.75) is 33.8 Å². The Hall–Kier alpha value is -2.69. The lowest BCUT2D eigenvalue weighted by Crippen LogP contribution is -2.27. The number of ketones is 1. The lowest BCUT2D eigenvalue weighted by atomic mass is 9.96. The first-order valence-electron chi connectivity index (χ1n) is 7.31. The summed E-state index contributed by atoms with van der Waals surface area (Å²) in [6.45, 7) is 7.33. The summed E-state index contributed by atoms with van der Waals surface area (Å²) in [6.07, 6.45) is 1.51. The maximum absolute atomic E-state index is 12.5. The minimum atomic E-state index is -0.900. The van der Waals surface area contributed by atoms with Gasteiger partial charge in [0.2, 0.25) is 5.78 Å². The second-order valence-electron chi connectivity index (χ2n) is 5.61. The van der Waals surface area contributed by atoms with Gasteiger partial charge in [0.15, 0.2) is 18.5 Å². The van der Waals surface area contributed by atoms with E-state index in [2.05, 4.69) is 0 Å². The normalized spacial score (nSPS) is 11.8. The van der Waals surface area contributed by atoms with Gasteiger partial charge in [-0.1, -0.05) is 6.07 Å². The number of hydrogen-bond donors (Lipinski definition) is 0. The van der Waals surface area contributed by atoms with Crippen molar-refractivity contribution in [3.05, 3.63) is 69.7 Å². The number of carbonyl (C=O) groups excluding carboxylic acids is 2. The zero-order chi connectivity index (χ0) is 17.1. The number of ether oxygens (including phenoxy) is 1. The number of aromatic nitrogens is 1. The van der Waals surface area contributed by atoms with Crippen LogP contribution in [0.3, 0.4) is 0 Å². The van der Waals surface area contributed by atoms with Crippen LogP contribution in [0.25, 0.3) is 0 Å². The molecule has 0 N–H and O–H groups in total. The Morgan fingerprint density at radius 1 is 1.04 bits per heavy atom. The Bertz CT molecular complexity index is 750. The smallest absolute Gasteiger partial charge is 0.339 e. The molecule has 0 radical (unpaired) electrons. The molecule has 0 unspecified atom stereocenters. The summed E-state index contributed by atoms with van der Waals surface area (Å²) < 4.78 is 5.79. The van der Waals surface area contributed by atoms with E-state index in [1.54, 1.807) is 6.92 Å². The van der Waals surface area contributed by atoms with Crippen molar-refractivity contribution in [1.82, 2.24) is 0 Å². The quantitative estimate of drug-likeness (QED) is 0.376. The summed E-state index contributed by atoms with van der Waals surface area (Å²) in [7, 11) is 0. The molecule has 2 aromatic rings. The summed E-state index contributed by atoms with van der Waals surface area (Å²) in [4.78, 5) is 24.5. The van der Waals surface area contributed by atoms with Gasteiger partial charge in [-0.15, -0.1) is 0 Å². The highest BCUT2D eigenvalue weighted by Gasteiger charge is 2.22. The lowest BCUT2D eigenvalue weighted by molar-refractivity contribution is -0.605. The molecule has 1 heterocycles. The first-order chi connectivity index (χ1) is 10.8. The van der Waals surface area contributed by atoms with Crippen LogP contribution >= 0.6 is 0 Å². The number of pyridine rings is 1. The Morgan fingerprint density at radius 2 is 1.61 bits per heavy atom. The first-order valence-corrected chi connectivity index (χ1v) is 7.31. The predicted octanol–water partition coefficient (Wildman–Crippen LogP) is 2.67. The fourth-order valence-corrected chi connectivity index (χ4v) is 2.28. The van der Waals surface area contributed by atoms with Crippen LogP contribution in [-0.4, -0.2) is 17.9 Å². The molecule has 0 fully saturated rings. The van der Waals surface area contributed by atoms with E-state index < -0.39 is 12.1 Å². The number of benzene rings is 1. The second kappa shape index (κ2) is 6.60. The van der Waals surface area contributed by atoms with E-state index in [-0.39, 0.29) is 11.3 Å². The number of esters is 1. The van der Waals surface area contributed by atoms with Gasteiger partial charge in [-0.3, -0.25) is 4.79 Å². The number of aryl methyl sites for hydroxylation is 3. The van der Waals surface area contributed by atoms with Gasteiger partial charge in [-0.25, -0.2) is 4.79 Å². The molecule has 1 aromatic carbocycles. The van der Waals surface area contributed by atoms with Crippen LogP contribution in [-0.2, 0) is 4.74 Å². The molecule has 1 atom stereocenters. The molecule has 0 amide bonds. The molecule has 0 aliphatic carbocycles. The molecule has 0 spiro atoms. The number of carbonyl (C=O) groups is 2. The van der Waals surface area contributed by atoms with E-state index in [4.69, 9.17) is 4.74 Å². The van der Waals surface area contributed by atoms with Crippen molar-refractivity contribution >= 4 is 11.8 Å². The van der Waals surface area contributed by atoms with Crippen LogP contribution < -0.4 is 4.73 Å². The predicted molar refractivity (Wildman–Crippen MR) is 85.3 cm³/mol. The number of Topliss-reactive ketones (excluding diaryl/α,β-unsaturated/α-hetero) is 1. The van der Waals surface area contributed by atoms with Crippen LogP contribution in [0.1, 0.15) is 44.3 Å². The number of rotatable bonds is 4. The third-order valence-electron chi connectivity index (χ3n) is 3.80. The molecule has 0 bridgehead atoms. The Labute approximate surface area is 135 Å². The summed E-state index contributed by atoms with van der Waals surface area (Å²) in [6, 6.07) is 6.48. The molecule has 1 aromatic heterocycles. The Balaban J connectivity index is 2.15. The largest absolute Gasteiger partial charge is 0.619 e. The van der Waals surface area contributed by atoms with Gasteiger partial charge in [0, 0.05) is 17.7 Å². The molecule has 5 nitrogen and oxygen atoms in total. The van der Waals surface area contributed by atoms with Crippen LogP contribution in [0.15, 0.2) is 36.7 Å². The fraction of sp³-hybridized carbons (Fsp3) is 0.278. The number of hydrogen-bond acceptors (Lipinski definition) is 4. The highest BCUT2D eigenvalue weighted by molar-refractivity contribution is 6.02. The summed E-state index contributed by atoms with van der Waals surface area (Å²) in [5.74, 6) is -0.873. The van der Waals surface area contributed by atoms with Crippen molar-refractivity contribution in [2.75, 3.05) is 0 Å². The Morgan fingerprint density at radius 3 is 2.22 bits per heavy atom. The van der Waals surface area contributed by atoms with E-state index in [0.717, 1.165) is 16.7 Å². The van der Waals surface area contributed by atoms with Gasteiger partial charge in [-0.2, -0.15) is 4.73 Å². The summed E-state index contributed by atoms with van der Waals surface area (Å²) in [5, 5.41) is 11.0. The molecule has 2 rings (SSSR count). The molecule has 0 aliphatic rings. The van der Waals surface area contributed by atoms with E-state index in [9.17, 15) is 14.8 Å². The summed E-state index contributed by atoms with van der Waals surface area (Å²) in [5.41, 5.74) is 3.76. The maximum atomic E-state index is 12.5. The average Bonchev–Trinajstić information content (AvgIpc) is 2.50. The number of nitrogens with zero attached hydrogens (tertiary/aromatic N) is 1. The van der Waals surface area contributed by atoms with E-state index in [0.29, 0.717) is 10.3 Å². The zero-order valence-electron chi connectivity index (χ0n) is 13.6. The molecule has 0 aliphatic heterocycles. The fourth-order valence-electron chi connectivity index (χ4n) is 2.28. The van der Waals surface area contributed by atoms with Crippen molar-refractivity contribution in [1.29, 1.82) is 0 Å². The molecular formula is C18H19NO4. The molecule has 0 saturated carbocycles. The van der Waals surface area contributed by atoms with Gasteiger partial charge in [0.05, 0.1) is 5.56 Å². The van der Waals surface area contributed by atoms with Gasteiger partial charge in [0.1, 0.15) is 0 Å². The van der Waals surface area contributed by atoms with Gasteiger partial charge in [0.25, 0.3) is 0 Å². The third kappa shape index (κ3) is 3.74. The van der Waals surface area contributed by atoms with Gasteiger partial charge < -0.3 is 9.94 Å². The molecule has 23 heavy (non-hydrogen) atoms.